The van der Waals surface area contributed by atoms with E-state index in [-0.39, 0.29) is 11.8 Å². The fourth-order valence-corrected chi connectivity index (χ4v) is 3.59. The lowest BCUT2D eigenvalue weighted by atomic mass is 9.79. The van der Waals surface area contributed by atoms with Crippen LogP contribution in [-0.4, -0.2) is 23.2 Å². The molecule has 3 nitrogen and oxygen atoms in total. The number of carbonyl (C=O) groups is 1. The summed E-state index contributed by atoms with van der Waals surface area (Å²) in [5.74, 6) is 1.08. The number of aliphatic hydroxyl groups is 1. The van der Waals surface area contributed by atoms with Crippen LogP contribution < -0.4 is 5.32 Å². The fraction of sp³-hybridized carbons (Fsp3) is 0.941. The Balaban J connectivity index is 1.75. The van der Waals surface area contributed by atoms with Gasteiger partial charge in [-0.2, -0.15) is 0 Å². The summed E-state index contributed by atoms with van der Waals surface area (Å²) in [6.07, 6.45) is 12.1. The van der Waals surface area contributed by atoms with E-state index in [1.165, 1.54) is 32.1 Å². The molecule has 2 rings (SSSR count). The minimum absolute atomic E-state index is 0.180. The van der Waals surface area contributed by atoms with Crippen molar-refractivity contribution in [3.05, 3.63) is 0 Å². The third-order valence-electron chi connectivity index (χ3n) is 5.27. The molecule has 3 heteroatoms. The Morgan fingerprint density at radius 1 is 1.05 bits per heavy atom. The predicted octanol–water partition coefficient (Wildman–Crippen LogP) is 3.40. The van der Waals surface area contributed by atoms with Crippen molar-refractivity contribution < 1.29 is 9.90 Å². The smallest absolute Gasteiger partial charge is 0.223 e. The van der Waals surface area contributed by atoms with Crippen LogP contribution in [-0.2, 0) is 4.79 Å². The maximum Gasteiger partial charge on any atom is 0.223 e. The monoisotopic (exact) mass is 281 g/mol. The summed E-state index contributed by atoms with van der Waals surface area (Å²) in [4.78, 5) is 12.3. The molecule has 0 aliphatic heterocycles. The molecule has 2 fully saturated rings. The topological polar surface area (TPSA) is 49.3 Å². The number of amides is 1. The molecule has 0 spiro atoms. The SMILES string of the molecule is CC1CCC(O)(CNC(=O)C2CCCCCCC2)CC1. The minimum atomic E-state index is -0.649. The third-order valence-corrected chi connectivity index (χ3v) is 5.27. The van der Waals surface area contributed by atoms with E-state index < -0.39 is 5.60 Å². The van der Waals surface area contributed by atoms with Crippen molar-refractivity contribution in [2.24, 2.45) is 11.8 Å². The lowest BCUT2D eigenvalue weighted by Crippen LogP contribution is -2.46. The number of carbonyl (C=O) groups excluding carboxylic acids is 1. The first kappa shape index (κ1) is 15.8. The number of nitrogens with one attached hydrogen (secondary N) is 1. The Bertz CT molecular complexity index is 300. The predicted molar refractivity (Wildman–Crippen MR) is 81.4 cm³/mol. The van der Waals surface area contributed by atoms with Crippen molar-refractivity contribution in [1.29, 1.82) is 0 Å². The van der Waals surface area contributed by atoms with Crippen molar-refractivity contribution in [2.45, 2.75) is 83.2 Å². The summed E-state index contributed by atoms with van der Waals surface area (Å²) in [6.45, 7) is 2.70. The summed E-state index contributed by atoms with van der Waals surface area (Å²) in [6, 6.07) is 0. The van der Waals surface area contributed by atoms with Crippen LogP contribution in [0.1, 0.15) is 77.6 Å². The minimum Gasteiger partial charge on any atom is -0.388 e. The average Bonchev–Trinajstić information content (AvgIpc) is 2.40. The lowest BCUT2D eigenvalue weighted by Gasteiger charge is -2.35. The second kappa shape index (κ2) is 7.44. The van der Waals surface area contributed by atoms with Crippen molar-refractivity contribution in [2.75, 3.05) is 6.54 Å². The van der Waals surface area contributed by atoms with Gasteiger partial charge in [0.25, 0.3) is 0 Å². The highest BCUT2D eigenvalue weighted by Gasteiger charge is 2.32. The van der Waals surface area contributed by atoms with E-state index in [2.05, 4.69) is 12.2 Å². The van der Waals surface area contributed by atoms with E-state index in [0.717, 1.165) is 44.4 Å². The van der Waals surface area contributed by atoms with Gasteiger partial charge in [-0.15, -0.1) is 0 Å². The van der Waals surface area contributed by atoms with Crippen LogP contribution in [0.4, 0.5) is 0 Å². The Labute approximate surface area is 123 Å². The van der Waals surface area contributed by atoms with Gasteiger partial charge in [0, 0.05) is 12.5 Å². The molecule has 0 radical (unpaired) electrons. The molecule has 0 aromatic carbocycles. The van der Waals surface area contributed by atoms with E-state index in [9.17, 15) is 9.90 Å². The molecule has 0 aromatic rings. The molecule has 0 saturated heterocycles. The van der Waals surface area contributed by atoms with E-state index in [0.29, 0.717) is 6.54 Å². The second-order valence-corrected chi connectivity index (χ2v) is 7.17. The normalized spacial score (nSPS) is 33.2. The summed E-state index contributed by atoms with van der Waals surface area (Å²) >= 11 is 0. The van der Waals surface area contributed by atoms with Crippen LogP contribution in [0.5, 0.6) is 0 Å². The molecule has 2 aliphatic carbocycles. The molecule has 2 saturated carbocycles. The first-order chi connectivity index (χ1) is 9.59. The number of hydrogen-bond acceptors (Lipinski definition) is 2. The number of rotatable bonds is 3. The zero-order valence-corrected chi connectivity index (χ0v) is 13.0. The maximum absolute atomic E-state index is 12.3. The fourth-order valence-electron chi connectivity index (χ4n) is 3.59. The van der Waals surface area contributed by atoms with Crippen molar-refractivity contribution >= 4 is 5.91 Å². The molecule has 116 valence electrons. The summed E-state index contributed by atoms with van der Waals surface area (Å²) in [5, 5.41) is 13.6. The Morgan fingerprint density at radius 3 is 2.20 bits per heavy atom. The maximum atomic E-state index is 12.3. The highest BCUT2D eigenvalue weighted by atomic mass is 16.3. The Morgan fingerprint density at radius 2 is 1.60 bits per heavy atom. The van der Waals surface area contributed by atoms with Crippen LogP contribution in [0.3, 0.4) is 0 Å². The van der Waals surface area contributed by atoms with Gasteiger partial charge in [-0.05, 0) is 44.4 Å². The van der Waals surface area contributed by atoms with Crippen LogP contribution >= 0.6 is 0 Å². The van der Waals surface area contributed by atoms with Crippen LogP contribution in [0.15, 0.2) is 0 Å². The summed E-state index contributed by atoms with van der Waals surface area (Å²) < 4.78 is 0. The van der Waals surface area contributed by atoms with E-state index in [4.69, 9.17) is 0 Å². The van der Waals surface area contributed by atoms with Crippen molar-refractivity contribution in [1.82, 2.24) is 5.32 Å². The molecular weight excluding hydrogens is 250 g/mol. The van der Waals surface area contributed by atoms with Gasteiger partial charge in [-0.3, -0.25) is 4.79 Å². The molecule has 0 unspecified atom stereocenters. The molecule has 2 N–H and O–H groups in total. The highest BCUT2D eigenvalue weighted by molar-refractivity contribution is 5.78. The molecular formula is C17H31NO2. The zero-order valence-electron chi connectivity index (χ0n) is 13.0. The Kier molecular flexibility index (Phi) is 5.88. The van der Waals surface area contributed by atoms with E-state index >= 15 is 0 Å². The standard InChI is InChI=1S/C17H31NO2/c1-14-9-11-17(20,12-10-14)13-18-16(19)15-7-5-3-2-4-6-8-15/h14-15,20H,2-13H2,1H3,(H,18,19). The average molecular weight is 281 g/mol. The van der Waals surface area contributed by atoms with Crippen LogP contribution in [0.2, 0.25) is 0 Å². The first-order valence-corrected chi connectivity index (χ1v) is 8.59. The summed E-state index contributed by atoms with van der Waals surface area (Å²) in [5.41, 5.74) is -0.649. The number of hydrogen-bond donors (Lipinski definition) is 2. The zero-order chi connectivity index (χ0) is 14.4. The van der Waals surface area contributed by atoms with Crippen molar-refractivity contribution in [3.63, 3.8) is 0 Å². The van der Waals surface area contributed by atoms with Gasteiger partial charge < -0.3 is 10.4 Å². The summed E-state index contributed by atoms with van der Waals surface area (Å²) in [7, 11) is 0. The second-order valence-electron chi connectivity index (χ2n) is 7.17. The lowest BCUT2D eigenvalue weighted by molar-refractivity contribution is -0.127. The van der Waals surface area contributed by atoms with Gasteiger partial charge in [0.15, 0.2) is 0 Å². The van der Waals surface area contributed by atoms with Gasteiger partial charge in [0.2, 0.25) is 5.91 Å². The third kappa shape index (κ3) is 4.76. The van der Waals surface area contributed by atoms with Gasteiger partial charge in [0.05, 0.1) is 5.60 Å². The van der Waals surface area contributed by atoms with Crippen molar-refractivity contribution in [3.8, 4) is 0 Å². The van der Waals surface area contributed by atoms with E-state index in [1.54, 1.807) is 0 Å². The highest BCUT2D eigenvalue weighted by Crippen LogP contribution is 2.31. The van der Waals surface area contributed by atoms with Gasteiger partial charge in [-0.25, -0.2) is 0 Å². The van der Waals surface area contributed by atoms with Crippen LogP contribution in [0.25, 0.3) is 0 Å². The molecule has 0 atom stereocenters. The molecule has 0 heterocycles. The van der Waals surface area contributed by atoms with E-state index in [1.807, 2.05) is 0 Å². The molecule has 1 amide bonds. The largest absolute Gasteiger partial charge is 0.388 e. The van der Waals surface area contributed by atoms with Gasteiger partial charge in [-0.1, -0.05) is 39.0 Å². The van der Waals surface area contributed by atoms with Gasteiger partial charge in [0.1, 0.15) is 0 Å². The van der Waals surface area contributed by atoms with Gasteiger partial charge >= 0.3 is 0 Å². The molecule has 0 bridgehead atoms. The first-order valence-electron chi connectivity index (χ1n) is 8.59. The molecule has 2 aliphatic rings. The Hall–Kier alpha value is -0.570. The molecule has 0 aromatic heterocycles. The quantitative estimate of drug-likeness (QED) is 0.833. The van der Waals surface area contributed by atoms with Crippen LogP contribution in [0, 0.1) is 11.8 Å². The molecule has 20 heavy (non-hydrogen) atoms.